The molecule has 1 N–H and O–H groups in total. The van der Waals surface area contributed by atoms with E-state index in [1.807, 2.05) is 0 Å². The van der Waals surface area contributed by atoms with Crippen LogP contribution in [0.15, 0.2) is 26.2 Å². The van der Waals surface area contributed by atoms with E-state index >= 15 is 0 Å². The molecule has 2 aromatic heterocycles. The molecular weight excluding hydrogens is 407 g/mol. The largest absolute Gasteiger partial charge is 0.452 e. The summed E-state index contributed by atoms with van der Waals surface area (Å²) in [6.45, 7) is 2.53. The Morgan fingerprint density at radius 1 is 1.44 bits per heavy atom. The van der Waals surface area contributed by atoms with Crippen molar-refractivity contribution in [3.63, 3.8) is 0 Å². The van der Waals surface area contributed by atoms with Gasteiger partial charge in [-0.25, -0.2) is 8.42 Å². The number of sulfonamides is 1. The van der Waals surface area contributed by atoms with Crippen LogP contribution in [-0.2, 0) is 21.0 Å². The van der Waals surface area contributed by atoms with E-state index in [1.165, 1.54) is 15.8 Å². The van der Waals surface area contributed by atoms with Gasteiger partial charge in [0.25, 0.3) is 10.0 Å². The lowest BCUT2D eigenvalue weighted by Gasteiger charge is -2.15. The topological polar surface area (TPSA) is 92.5 Å². The number of nitrogens with one attached hydrogen (secondary N) is 1. The summed E-state index contributed by atoms with van der Waals surface area (Å²) < 4.78 is 68.8. The van der Waals surface area contributed by atoms with Gasteiger partial charge in [-0.05, 0) is 19.4 Å². The first-order valence-electron chi connectivity index (χ1n) is 8.03. The summed E-state index contributed by atoms with van der Waals surface area (Å²) in [4.78, 5) is 11.9. The number of halogens is 3. The van der Waals surface area contributed by atoms with Crippen LogP contribution in [0, 0.1) is 5.92 Å². The monoisotopic (exact) mass is 423 g/mol. The molecule has 2 aromatic rings. The normalized spacial score (nSPS) is 18.7. The summed E-state index contributed by atoms with van der Waals surface area (Å²) in [5, 5.41) is 7.43. The fourth-order valence-corrected chi connectivity index (χ4v) is 5.56. The third-order valence-electron chi connectivity index (χ3n) is 4.13. The molecule has 1 atom stereocenters. The minimum atomic E-state index is -4.67. The molecule has 1 fully saturated rings. The van der Waals surface area contributed by atoms with Crippen LogP contribution in [0.25, 0.3) is 11.3 Å². The van der Waals surface area contributed by atoms with Crippen molar-refractivity contribution in [1.82, 2.24) is 14.8 Å². The molecule has 148 valence electrons. The van der Waals surface area contributed by atoms with Gasteiger partial charge in [-0.15, -0.1) is 11.3 Å². The number of carbonyl (C=O) groups excluding carboxylic acids is 1. The number of hydrogen-bond acceptors (Lipinski definition) is 6. The molecule has 3 heterocycles. The molecule has 0 spiro atoms. The number of thiophene rings is 1. The predicted molar refractivity (Wildman–Crippen MR) is 90.4 cm³/mol. The molecule has 1 amide bonds. The summed E-state index contributed by atoms with van der Waals surface area (Å²) >= 11 is 0.882. The van der Waals surface area contributed by atoms with Crippen molar-refractivity contribution < 1.29 is 30.9 Å². The zero-order chi connectivity index (χ0) is 19.8. The third-order valence-corrected chi connectivity index (χ3v) is 7.41. The van der Waals surface area contributed by atoms with Crippen molar-refractivity contribution in [2.45, 2.75) is 23.7 Å². The predicted octanol–water partition coefficient (Wildman–Crippen LogP) is 2.57. The Kier molecular flexibility index (Phi) is 5.32. The Hall–Kier alpha value is -1.92. The second-order valence-electron chi connectivity index (χ2n) is 5.97. The molecule has 27 heavy (non-hydrogen) atoms. The maximum absolute atomic E-state index is 12.8. The van der Waals surface area contributed by atoms with Gasteiger partial charge in [-0.1, -0.05) is 5.16 Å². The number of aromatic nitrogens is 1. The average molecular weight is 423 g/mol. The summed E-state index contributed by atoms with van der Waals surface area (Å²) in [7, 11) is -3.84. The van der Waals surface area contributed by atoms with Crippen molar-refractivity contribution in [2.75, 3.05) is 19.6 Å². The molecule has 0 aliphatic carbocycles. The van der Waals surface area contributed by atoms with E-state index in [9.17, 15) is 26.4 Å². The molecule has 1 aliphatic rings. The highest BCUT2D eigenvalue weighted by molar-refractivity contribution is 7.91. The molecule has 0 radical (unpaired) electrons. The van der Waals surface area contributed by atoms with Gasteiger partial charge in [0.1, 0.15) is 9.90 Å². The summed E-state index contributed by atoms with van der Waals surface area (Å²) in [6, 6.07) is 1.98. The van der Waals surface area contributed by atoms with E-state index in [0.29, 0.717) is 13.0 Å². The van der Waals surface area contributed by atoms with E-state index in [0.717, 1.165) is 17.4 Å². The van der Waals surface area contributed by atoms with Crippen LogP contribution >= 0.6 is 11.3 Å². The fraction of sp³-hybridized carbons (Fsp3) is 0.467. The molecule has 1 unspecified atom stereocenters. The van der Waals surface area contributed by atoms with Gasteiger partial charge in [0.15, 0.2) is 0 Å². The first-order chi connectivity index (χ1) is 12.6. The minimum absolute atomic E-state index is 0.0226. The Bertz CT molecular complexity index is 936. The fourth-order valence-electron chi connectivity index (χ4n) is 2.74. The summed E-state index contributed by atoms with van der Waals surface area (Å²) in [6.07, 6.45) is -4.25. The van der Waals surface area contributed by atoms with Crippen molar-refractivity contribution >= 4 is 27.3 Å². The lowest BCUT2D eigenvalue weighted by molar-refractivity contribution is -0.155. The highest BCUT2D eigenvalue weighted by atomic mass is 32.2. The standard InChI is InChI=1S/C15H16F3N3O4S2/c1-2-19-14(22)9-3-4-21(7-9)27(23,24)13-5-10(8-26-13)11-6-12(25-20-11)15(16,17)18/h5-6,8-9H,2-4,7H2,1H3,(H,19,22). The molecule has 3 rings (SSSR count). The van der Waals surface area contributed by atoms with Crippen LogP contribution in [0.5, 0.6) is 0 Å². The van der Waals surface area contributed by atoms with Gasteiger partial charge >= 0.3 is 6.18 Å². The number of rotatable bonds is 5. The molecule has 0 bridgehead atoms. The van der Waals surface area contributed by atoms with Crippen LogP contribution in [0.4, 0.5) is 13.2 Å². The van der Waals surface area contributed by atoms with Gasteiger partial charge in [0.05, 0.1) is 5.92 Å². The van der Waals surface area contributed by atoms with Gasteiger partial charge < -0.3 is 9.84 Å². The van der Waals surface area contributed by atoms with Crippen molar-refractivity contribution in [3.8, 4) is 11.3 Å². The lowest BCUT2D eigenvalue weighted by Crippen LogP contribution is -2.34. The van der Waals surface area contributed by atoms with E-state index < -0.39 is 27.9 Å². The van der Waals surface area contributed by atoms with E-state index in [1.54, 1.807) is 6.92 Å². The van der Waals surface area contributed by atoms with Crippen molar-refractivity contribution in [2.24, 2.45) is 5.92 Å². The Balaban J connectivity index is 1.77. The maximum Gasteiger partial charge on any atom is 0.452 e. The van der Waals surface area contributed by atoms with Crippen molar-refractivity contribution in [3.05, 3.63) is 23.3 Å². The Morgan fingerprint density at radius 2 is 2.19 bits per heavy atom. The average Bonchev–Trinajstić information content (AvgIpc) is 3.32. The molecule has 1 aliphatic heterocycles. The number of amides is 1. The molecule has 0 aromatic carbocycles. The number of alkyl halides is 3. The number of hydrogen-bond donors (Lipinski definition) is 1. The SMILES string of the molecule is CCNC(=O)C1CCN(S(=O)(=O)c2cc(-c3cc(C(F)(F)F)on3)cs2)C1. The number of carbonyl (C=O) groups is 1. The van der Waals surface area contributed by atoms with Gasteiger partial charge in [-0.3, -0.25) is 4.79 Å². The highest BCUT2D eigenvalue weighted by Gasteiger charge is 2.38. The smallest absolute Gasteiger partial charge is 0.356 e. The zero-order valence-corrected chi connectivity index (χ0v) is 15.7. The van der Waals surface area contributed by atoms with Crippen molar-refractivity contribution in [1.29, 1.82) is 0 Å². The maximum atomic E-state index is 12.8. The highest BCUT2D eigenvalue weighted by Crippen LogP contribution is 2.35. The molecule has 1 saturated heterocycles. The van der Waals surface area contributed by atoms with E-state index in [2.05, 4.69) is 15.0 Å². The van der Waals surface area contributed by atoms with E-state index in [-0.39, 0.29) is 34.5 Å². The quantitative estimate of drug-likeness (QED) is 0.798. The van der Waals surface area contributed by atoms with Crippen LogP contribution in [0.3, 0.4) is 0 Å². The molecule has 7 nitrogen and oxygen atoms in total. The molecule has 0 saturated carbocycles. The molecular formula is C15H16F3N3O4S2. The molecule has 12 heteroatoms. The lowest BCUT2D eigenvalue weighted by atomic mass is 10.1. The second kappa shape index (κ2) is 7.24. The van der Waals surface area contributed by atoms with Crippen LogP contribution < -0.4 is 5.32 Å². The van der Waals surface area contributed by atoms with Crippen LogP contribution in [-0.4, -0.2) is 43.4 Å². The third kappa shape index (κ3) is 4.01. The van der Waals surface area contributed by atoms with Gasteiger partial charge in [-0.2, -0.15) is 17.5 Å². The summed E-state index contributed by atoms with van der Waals surface area (Å²) in [5.74, 6) is -1.86. The van der Waals surface area contributed by atoms with Gasteiger partial charge in [0.2, 0.25) is 11.7 Å². The summed E-state index contributed by atoms with van der Waals surface area (Å²) in [5.41, 5.74) is 0.124. The Labute approximate surface area is 157 Å². The minimum Gasteiger partial charge on any atom is -0.356 e. The van der Waals surface area contributed by atoms with E-state index in [4.69, 9.17) is 0 Å². The van der Waals surface area contributed by atoms with Crippen LogP contribution in [0.2, 0.25) is 0 Å². The van der Waals surface area contributed by atoms with Gasteiger partial charge in [0, 0.05) is 36.6 Å². The second-order valence-corrected chi connectivity index (χ2v) is 9.05. The zero-order valence-electron chi connectivity index (χ0n) is 14.1. The van der Waals surface area contributed by atoms with Crippen LogP contribution in [0.1, 0.15) is 19.1 Å². The first kappa shape index (κ1) is 19.8. The Morgan fingerprint density at radius 3 is 2.81 bits per heavy atom. The first-order valence-corrected chi connectivity index (χ1v) is 10.4. The number of nitrogens with zero attached hydrogens (tertiary/aromatic N) is 2.